The molecule has 0 fully saturated rings. The number of hydrogen-bond donors (Lipinski definition) is 0. The normalized spacial score (nSPS) is 11.7. The lowest BCUT2D eigenvalue weighted by Gasteiger charge is -2.22. The first-order valence-electron chi connectivity index (χ1n) is 20.9. The van der Waals surface area contributed by atoms with Crippen molar-refractivity contribution in [2.24, 2.45) is 0 Å². The minimum Gasteiger partial charge on any atom is -0.308 e. The molecule has 0 atom stereocenters. The Hall–Kier alpha value is -8.80. The summed E-state index contributed by atoms with van der Waals surface area (Å²) in [6.07, 6.45) is -9.46. The first-order chi connectivity index (χ1) is 32.4. The molecule has 0 amide bonds. The Labute approximate surface area is 379 Å². The molecule has 0 saturated heterocycles. The SMILES string of the molecule is N#Cc1cc(C#N)cc(-c2ccc3c(c2)c2ccccc2n3-c2c(-c3cccc(C(F)(F)F)c3)cc(-c3nc(-c4ccccc4)cc(-c4ccccc4)n3)cc2-c2cccc(C(F)(F)F)c2)c1. The Bertz CT molecular complexity index is 3470. The van der Waals surface area contributed by atoms with Crippen molar-refractivity contribution in [1.82, 2.24) is 14.5 Å². The zero-order chi connectivity index (χ0) is 46.5. The van der Waals surface area contributed by atoms with Gasteiger partial charge < -0.3 is 4.57 Å². The van der Waals surface area contributed by atoms with E-state index in [4.69, 9.17) is 9.97 Å². The number of nitrogens with zero attached hydrogens (tertiary/aromatic N) is 5. The molecule has 2 heterocycles. The molecule has 0 unspecified atom stereocenters. The second-order valence-corrected chi connectivity index (χ2v) is 15.9. The first kappa shape index (κ1) is 42.2. The van der Waals surface area contributed by atoms with Crippen molar-refractivity contribution < 1.29 is 26.3 Å². The third-order valence-corrected chi connectivity index (χ3v) is 11.7. The Morgan fingerprint density at radius 2 is 0.881 bits per heavy atom. The fourth-order valence-corrected chi connectivity index (χ4v) is 8.58. The molecule has 0 aliphatic heterocycles. The molecule has 0 N–H and O–H groups in total. The maximum Gasteiger partial charge on any atom is 0.416 e. The number of nitriles is 2. The summed E-state index contributed by atoms with van der Waals surface area (Å²) in [5.41, 5.74) is 5.34. The van der Waals surface area contributed by atoms with Gasteiger partial charge in [0.2, 0.25) is 0 Å². The number of rotatable bonds is 7. The van der Waals surface area contributed by atoms with Crippen LogP contribution < -0.4 is 0 Å². The Morgan fingerprint density at radius 3 is 1.40 bits per heavy atom. The molecule has 0 aliphatic carbocycles. The largest absolute Gasteiger partial charge is 0.416 e. The molecular formula is C56H31F6N5. The molecule has 322 valence electrons. The molecule has 67 heavy (non-hydrogen) atoms. The fourth-order valence-electron chi connectivity index (χ4n) is 8.58. The van der Waals surface area contributed by atoms with Crippen LogP contribution in [0.4, 0.5) is 26.3 Å². The van der Waals surface area contributed by atoms with E-state index in [1.165, 1.54) is 18.2 Å². The standard InChI is InChI=1S/C56H31F6N5/c57-55(58,59)43-17-9-15-39(26-43)46-29-42(54-65-49(36-11-3-1-4-12-36)31-50(66-54)37-13-5-2-6-14-37)30-47(40-16-10-18-44(27-40)56(60,61)62)53(46)67-51-20-8-7-19-45(51)48-28-38(21-22-52(48)67)41-24-34(32-63)23-35(25-41)33-64/h1-31H. The van der Waals surface area contributed by atoms with Gasteiger partial charge in [-0.05, 0) is 101 Å². The highest BCUT2D eigenvalue weighted by atomic mass is 19.4. The number of alkyl halides is 6. The summed E-state index contributed by atoms with van der Waals surface area (Å²) in [7, 11) is 0. The van der Waals surface area contributed by atoms with Crippen molar-refractivity contribution in [2.45, 2.75) is 12.4 Å². The highest BCUT2D eigenvalue weighted by Gasteiger charge is 2.33. The average Bonchev–Trinajstić information content (AvgIpc) is 3.69. The molecule has 8 aromatic carbocycles. The Balaban J connectivity index is 1.34. The maximum atomic E-state index is 14.6. The summed E-state index contributed by atoms with van der Waals surface area (Å²) >= 11 is 0. The van der Waals surface area contributed by atoms with Gasteiger partial charge in [0, 0.05) is 38.6 Å². The lowest BCUT2D eigenvalue weighted by molar-refractivity contribution is -0.138. The summed E-state index contributed by atoms with van der Waals surface area (Å²) in [5, 5.41) is 21.0. The molecule has 0 spiro atoms. The van der Waals surface area contributed by atoms with Crippen molar-refractivity contribution in [3.05, 3.63) is 210 Å². The smallest absolute Gasteiger partial charge is 0.308 e. The topological polar surface area (TPSA) is 78.3 Å². The van der Waals surface area contributed by atoms with Crippen LogP contribution in [0.2, 0.25) is 0 Å². The molecule has 0 saturated carbocycles. The predicted molar refractivity (Wildman–Crippen MR) is 248 cm³/mol. The van der Waals surface area contributed by atoms with Gasteiger partial charge in [-0.3, -0.25) is 0 Å². The summed E-state index contributed by atoms with van der Waals surface area (Å²) in [4.78, 5) is 10.0. The zero-order valence-corrected chi connectivity index (χ0v) is 34.9. The van der Waals surface area contributed by atoms with Gasteiger partial charge in [-0.2, -0.15) is 36.9 Å². The van der Waals surface area contributed by atoms with Crippen molar-refractivity contribution >= 4 is 21.8 Å². The van der Waals surface area contributed by atoms with Crippen LogP contribution in [0.3, 0.4) is 0 Å². The summed E-state index contributed by atoms with van der Waals surface area (Å²) in [5.74, 6) is 0.191. The second-order valence-electron chi connectivity index (χ2n) is 15.9. The minimum absolute atomic E-state index is 0.141. The maximum absolute atomic E-state index is 14.6. The quantitative estimate of drug-likeness (QED) is 0.149. The molecule has 0 aliphatic rings. The van der Waals surface area contributed by atoms with Crippen LogP contribution in [-0.4, -0.2) is 14.5 Å². The van der Waals surface area contributed by atoms with E-state index in [2.05, 4.69) is 12.1 Å². The van der Waals surface area contributed by atoms with Crippen molar-refractivity contribution in [2.75, 3.05) is 0 Å². The summed E-state index contributed by atoms with van der Waals surface area (Å²) in [6, 6.07) is 55.7. The summed E-state index contributed by atoms with van der Waals surface area (Å²) < 4.78 is 89.7. The minimum atomic E-state index is -4.73. The third kappa shape index (κ3) is 8.04. The molecule has 10 aromatic rings. The van der Waals surface area contributed by atoms with E-state index in [1.54, 1.807) is 36.4 Å². The van der Waals surface area contributed by atoms with E-state index in [9.17, 15) is 36.9 Å². The predicted octanol–water partition coefficient (Wildman–Crippen LogP) is 15.4. The van der Waals surface area contributed by atoms with Gasteiger partial charge in [-0.25, -0.2) is 9.97 Å². The Morgan fingerprint density at radius 1 is 0.388 bits per heavy atom. The van der Waals surface area contributed by atoms with E-state index < -0.39 is 23.5 Å². The number of aromatic nitrogens is 3. The molecule has 11 heteroatoms. The van der Waals surface area contributed by atoms with Crippen molar-refractivity contribution in [3.8, 4) is 85.1 Å². The fraction of sp³-hybridized carbons (Fsp3) is 0.0357. The highest BCUT2D eigenvalue weighted by Crippen LogP contribution is 2.46. The molecule has 10 rings (SSSR count). The number of hydrogen-bond acceptors (Lipinski definition) is 4. The second kappa shape index (κ2) is 16.6. The van der Waals surface area contributed by atoms with Gasteiger partial charge in [0.1, 0.15) is 0 Å². The van der Waals surface area contributed by atoms with E-state index in [-0.39, 0.29) is 28.1 Å². The Kier molecular flexibility index (Phi) is 10.5. The monoisotopic (exact) mass is 887 g/mol. The lowest BCUT2D eigenvalue weighted by atomic mass is 9.91. The van der Waals surface area contributed by atoms with Crippen molar-refractivity contribution in [1.29, 1.82) is 10.5 Å². The average molecular weight is 888 g/mol. The van der Waals surface area contributed by atoms with Crippen LogP contribution in [0, 0.1) is 22.7 Å². The van der Waals surface area contributed by atoms with E-state index in [1.807, 2.05) is 114 Å². The van der Waals surface area contributed by atoms with Gasteiger partial charge >= 0.3 is 12.4 Å². The summed E-state index contributed by atoms with van der Waals surface area (Å²) in [6.45, 7) is 0. The van der Waals surface area contributed by atoms with Gasteiger partial charge in [0.15, 0.2) is 5.82 Å². The number of para-hydroxylation sites is 1. The molecule has 0 radical (unpaired) electrons. The molecule has 2 aromatic heterocycles. The number of halogens is 6. The van der Waals surface area contributed by atoms with E-state index >= 15 is 0 Å². The van der Waals surface area contributed by atoms with E-state index in [0.29, 0.717) is 61.3 Å². The van der Waals surface area contributed by atoms with Gasteiger partial charge in [0.05, 0.1) is 62.5 Å². The van der Waals surface area contributed by atoms with Crippen LogP contribution in [0.25, 0.3) is 94.8 Å². The number of fused-ring (bicyclic) bond motifs is 3. The van der Waals surface area contributed by atoms with Crippen LogP contribution in [-0.2, 0) is 12.4 Å². The zero-order valence-electron chi connectivity index (χ0n) is 34.9. The first-order valence-corrected chi connectivity index (χ1v) is 20.9. The van der Waals surface area contributed by atoms with Gasteiger partial charge in [0.25, 0.3) is 0 Å². The van der Waals surface area contributed by atoms with Crippen molar-refractivity contribution in [3.63, 3.8) is 0 Å². The lowest BCUT2D eigenvalue weighted by Crippen LogP contribution is -2.07. The van der Waals surface area contributed by atoms with Crippen LogP contribution >= 0.6 is 0 Å². The van der Waals surface area contributed by atoms with Gasteiger partial charge in [-0.1, -0.05) is 109 Å². The molecular weight excluding hydrogens is 857 g/mol. The van der Waals surface area contributed by atoms with E-state index in [0.717, 1.165) is 40.8 Å². The van der Waals surface area contributed by atoms with Crippen LogP contribution in [0.1, 0.15) is 22.3 Å². The number of benzene rings is 8. The van der Waals surface area contributed by atoms with Crippen LogP contribution in [0.15, 0.2) is 188 Å². The molecule has 0 bridgehead atoms. The van der Waals surface area contributed by atoms with Gasteiger partial charge in [-0.15, -0.1) is 0 Å². The highest BCUT2D eigenvalue weighted by molar-refractivity contribution is 6.12. The third-order valence-electron chi connectivity index (χ3n) is 11.7. The molecule has 5 nitrogen and oxygen atoms in total. The van der Waals surface area contributed by atoms with Crippen LogP contribution in [0.5, 0.6) is 0 Å².